The highest BCUT2D eigenvalue weighted by Crippen LogP contribution is 2.21. The van der Waals surface area contributed by atoms with Crippen LogP contribution >= 0.6 is 11.6 Å². The minimum absolute atomic E-state index is 0.249. The lowest BCUT2D eigenvalue weighted by Gasteiger charge is -2.17. The lowest BCUT2D eigenvalue weighted by molar-refractivity contribution is 0.561. The molecule has 4 heteroatoms. The fraction of sp³-hybridized carbons (Fsp3) is 0.400. The van der Waals surface area contributed by atoms with Gasteiger partial charge in [-0.05, 0) is 37.2 Å². The number of aromatic nitrogens is 2. The number of rotatable bonds is 5. The molecule has 2 aromatic rings. The Morgan fingerprint density at radius 3 is 2.74 bits per heavy atom. The van der Waals surface area contributed by atoms with Crippen molar-refractivity contribution in [2.75, 3.05) is 7.05 Å². The van der Waals surface area contributed by atoms with Gasteiger partial charge in [0.05, 0.1) is 5.69 Å². The smallest absolute Gasteiger partial charge is 0.0624 e. The van der Waals surface area contributed by atoms with E-state index < -0.39 is 0 Å². The molecule has 0 radical (unpaired) electrons. The topological polar surface area (TPSA) is 29.9 Å². The summed E-state index contributed by atoms with van der Waals surface area (Å²) in [5.41, 5.74) is 3.57. The van der Waals surface area contributed by atoms with E-state index in [9.17, 15) is 0 Å². The molecular weight excluding hydrogens is 258 g/mol. The predicted molar refractivity (Wildman–Crippen MR) is 79.5 cm³/mol. The maximum atomic E-state index is 6.06. The van der Waals surface area contributed by atoms with E-state index in [-0.39, 0.29) is 6.04 Å². The first-order chi connectivity index (χ1) is 9.13. The molecule has 0 saturated carbocycles. The van der Waals surface area contributed by atoms with Gasteiger partial charge in [0.2, 0.25) is 0 Å². The Kier molecular flexibility index (Phi) is 4.61. The van der Waals surface area contributed by atoms with Gasteiger partial charge in [0, 0.05) is 30.2 Å². The van der Waals surface area contributed by atoms with Crippen molar-refractivity contribution in [3.63, 3.8) is 0 Å². The van der Waals surface area contributed by atoms with Gasteiger partial charge < -0.3 is 5.32 Å². The van der Waals surface area contributed by atoms with Gasteiger partial charge in [0.1, 0.15) is 0 Å². The number of hydrogen-bond donors (Lipinski definition) is 1. The number of nitrogens with zero attached hydrogens (tertiary/aromatic N) is 2. The first-order valence-corrected chi connectivity index (χ1v) is 6.96. The molecule has 0 amide bonds. The van der Waals surface area contributed by atoms with Crippen molar-refractivity contribution in [1.82, 2.24) is 15.1 Å². The zero-order chi connectivity index (χ0) is 13.8. The molecule has 1 N–H and O–H groups in total. The van der Waals surface area contributed by atoms with E-state index in [0.29, 0.717) is 0 Å². The quantitative estimate of drug-likeness (QED) is 0.910. The van der Waals surface area contributed by atoms with Gasteiger partial charge in [-0.2, -0.15) is 5.10 Å². The zero-order valence-corrected chi connectivity index (χ0v) is 12.4. The second-order valence-corrected chi connectivity index (χ2v) is 5.14. The summed E-state index contributed by atoms with van der Waals surface area (Å²) in [7, 11) is 3.97. The molecule has 0 saturated heterocycles. The van der Waals surface area contributed by atoms with E-state index in [2.05, 4.69) is 29.5 Å². The van der Waals surface area contributed by atoms with Gasteiger partial charge in [-0.3, -0.25) is 4.68 Å². The molecule has 1 unspecified atom stereocenters. The Labute approximate surface area is 119 Å². The monoisotopic (exact) mass is 277 g/mol. The van der Waals surface area contributed by atoms with Crippen LogP contribution in [0.15, 0.2) is 30.3 Å². The molecule has 1 aromatic heterocycles. The van der Waals surface area contributed by atoms with Crippen molar-refractivity contribution < 1.29 is 0 Å². The standard InChI is InChI=1S/C15H20ClN3/c1-4-13-9-14(19(3)18-13)10-15(17-2)11-6-5-7-12(16)8-11/h5-9,15,17H,4,10H2,1-3H3. The maximum absolute atomic E-state index is 6.06. The van der Waals surface area contributed by atoms with E-state index in [1.54, 1.807) is 0 Å². The Bertz CT molecular complexity index is 548. The minimum atomic E-state index is 0.249. The molecule has 102 valence electrons. The first kappa shape index (κ1) is 14.1. The Hall–Kier alpha value is -1.32. The molecule has 1 aromatic carbocycles. The molecular formula is C15H20ClN3. The van der Waals surface area contributed by atoms with Gasteiger partial charge in [0.25, 0.3) is 0 Å². The number of aryl methyl sites for hydroxylation is 2. The van der Waals surface area contributed by atoms with Gasteiger partial charge in [-0.15, -0.1) is 0 Å². The molecule has 0 spiro atoms. The van der Waals surface area contributed by atoms with Gasteiger partial charge >= 0.3 is 0 Å². The summed E-state index contributed by atoms with van der Waals surface area (Å²) in [6.07, 6.45) is 1.87. The third kappa shape index (κ3) is 3.37. The van der Waals surface area contributed by atoms with Crippen LogP contribution in [0.4, 0.5) is 0 Å². The summed E-state index contributed by atoms with van der Waals surface area (Å²) in [4.78, 5) is 0. The molecule has 0 fully saturated rings. The molecule has 19 heavy (non-hydrogen) atoms. The average Bonchev–Trinajstić information content (AvgIpc) is 2.76. The van der Waals surface area contributed by atoms with Crippen LogP contribution in [-0.2, 0) is 19.9 Å². The summed E-state index contributed by atoms with van der Waals surface area (Å²) >= 11 is 6.06. The number of hydrogen-bond acceptors (Lipinski definition) is 2. The van der Waals surface area contributed by atoms with Crippen molar-refractivity contribution in [2.45, 2.75) is 25.8 Å². The van der Waals surface area contributed by atoms with Crippen molar-refractivity contribution in [3.05, 3.63) is 52.3 Å². The first-order valence-electron chi connectivity index (χ1n) is 6.58. The average molecular weight is 278 g/mol. The largest absolute Gasteiger partial charge is 0.313 e. The fourth-order valence-electron chi connectivity index (χ4n) is 2.25. The van der Waals surface area contributed by atoms with E-state index in [0.717, 1.165) is 23.6 Å². The highest BCUT2D eigenvalue weighted by Gasteiger charge is 2.13. The summed E-state index contributed by atoms with van der Waals surface area (Å²) in [5, 5.41) is 8.61. The van der Waals surface area contributed by atoms with Crippen LogP contribution in [0, 0.1) is 0 Å². The highest BCUT2D eigenvalue weighted by atomic mass is 35.5. The van der Waals surface area contributed by atoms with Crippen LogP contribution < -0.4 is 5.32 Å². The van der Waals surface area contributed by atoms with Crippen LogP contribution in [0.5, 0.6) is 0 Å². The summed E-state index contributed by atoms with van der Waals surface area (Å²) < 4.78 is 1.97. The molecule has 0 bridgehead atoms. The molecule has 1 heterocycles. The molecule has 3 nitrogen and oxygen atoms in total. The molecule has 0 aliphatic rings. The molecule has 1 atom stereocenters. The third-order valence-electron chi connectivity index (χ3n) is 3.40. The van der Waals surface area contributed by atoms with E-state index in [4.69, 9.17) is 11.6 Å². The highest BCUT2D eigenvalue weighted by molar-refractivity contribution is 6.30. The number of nitrogens with one attached hydrogen (secondary N) is 1. The Morgan fingerprint density at radius 1 is 1.37 bits per heavy atom. The normalized spacial score (nSPS) is 12.6. The molecule has 2 rings (SSSR count). The lowest BCUT2D eigenvalue weighted by atomic mass is 10.0. The van der Waals surface area contributed by atoms with Crippen molar-refractivity contribution >= 4 is 11.6 Å². The fourth-order valence-corrected chi connectivity index (χ4v) is 2.45. The third-order valence-corrected chi connectivity index (χ3v) is 3.64. The number of halogens is 1. The van der Waals surface area contributed by atoms with E-state index in [1.165, 1.54) is 11.3 Å². The molecule has 0 aliphatic heterocycles. The lowest BCUT2D eigenvalue weighted by Crippen LogP contribution is -2.20. The van der Waals surface area contributed by atoms with E-state index in [1.807, 2.05) is 37.0 Å². The van der Waals surface area contributed by atoms with Crippen LogP contribution in [0.3, 0.4) is 0 Å². The molecule has 0 aliphatic carbocycles. The van der Waals surface area contributed by atoms with Crippen molar-refractivity contribution in [1.29, 1.82) is 0 Å². The van der Waals surface area contributed by atoms with Crippen molar-refractivity contribution in [3.8, 4) is 0 Å². The SMILES string of the molecule is CCc1cc(CC(NC)c2cccc(Cl)c2)n(C)n1. The number of benzene rings is 1. The van der Waals surface area contributed by atoms with E-state index >= 15 is 0 Å². The summed E-state index contributed by atoms with van der Waals surface area (Å²) in [5.74, 6) is 0. The van der Waals surface area contributed by atoms with Gasteiger partial charge in [-0.25, -0.2) is 0 Å². The van der Waals surface area contributed by atoms with Crippen LogP contribution in [-0.4, -0.2) is 16.8 Å². The van der Waals surface area contributed by atoms with Crippen LogP contribution in [0.25, 0.3) is 0 Å². The second kappa shape index (κ2) is 6.22. The predicted octanol–water partition coefficient (Wildman–Crippen LogP) is 3.14. The van der Waals surface area contributed by atoms with Crippen molar-refractivity contribution in [2.24, 2.45) is 7.05 Å². The van der Waals surface area contributed by atoms with Crippen LogP contribution in [0.2, 0.25) is 5.02 Å². The van der Waals surface area contributed by atoms with Crippen LogP contribution in [0.1, 0.15) is 29.9 Å². The zero-order valence-electron chi connectivity index (χ0n) is 11.7. The maximum Gasteiger partial charge on any atom is 0.0624 e. The Balaban J connectivity index is 2.21. The van der Waals surface area contributed by atoms with Gasteiger partial charge in [0.15, 0.2) is 0 Å². The summed E-state index contributed by atoms with van der Waals surface area (Å²) in [6, 6.07) is 10.4. The Morgan fingerprint density at radius 2 is 2.16 bits per heavy atom. The minimum Gasteiger partial charge on any atom is -0.313 e. The number of likely N-dealkylation sites (N-methyl/N-ethyl adjacent to an activating group) is 1. The summed E-state index contributed by atoms with van der Waals surface area (Å²) in [6.45, 7) is 2.12. The van der Waals surface area contributed by atoms with Gasteiger partial charge in [-0.1, -0.05) is 30.7 Å². The second-order valence-electron chi connectivity index (χ2n) is 4.70.